The van der Waals surface area contributed by atoms with E-state index >= 15 is 0 Å². The van der Waals surface area contributed by atoms with E-state index in [1.807, 2.05) is 0 Å². The molecule has 0 unspecified atom stereocenters. The lowest BCUT2D eigenvalue weighted by Gasteiger charge is -1.93. The first-order valence-electron chi connectivity index (χ1n) is 4.31. The Morgan fingerprint density at radius 2 is 0.833 bits per heavy atom. The Balaban J connectivity index is -0.0000000925. The Bertz CT molecular complexity index is 277. The Labute approximate surface area is 108 Å². The van der Waals surface area contributed by atoms with Gasteiger partial charge in [-0.3, -0.25) is 5.41 Å². The van der Waals surface area contributed by atoms with Gasteiger partial charge in [0.2, 0.25) is 17.8 Å². The van der Waals surface area contributed by atoms with Crippen LogP contribution in [0, 0.1) is 5.41 Å². The van der Waals surface area contributed by atoms with E-state index in [1.54, 1.807) is 5.87 Å². The van der Waals surface area contributed by atoms with Crippen LogP contribution in [0.25, 0.3) is 0 Å². The monoisotopic (exact) mass is 251 g/mol. The smallest absolute Gasteiger partial charge is 0.226 e. The fourth-order valence-corrected chi connectivity index (χ4v) is 0.427. The first-order chi connectivity index (χ1) is 8.60. The molecule has 1 heterocycles. The minimum atomic E-state index is 0.0417. The minimum Gasteiger partial charge on any atom is -0.368 e. The summed E-state index contributed by atoms with van der Waals surface area (Å²) in [4.78, 5) is 10.5. The molecule has 0 amide bonds. The molecule has 0 spiro atoms. The van der Waals surface area contributed by atoms with E-state index in [1.165, 1.54) is 0 Å². The molecule has 7 N–H and O–H groups in total. The molecular formula is C11H21N7. The SMILES string of the molecule is C=C.C=C.C=C.C=C=N.Nc1nc(N)nc(N)n1. The number of hydrogen-bond donors (Lipinski definition) is 4. The van der Waals surface area contributed by atoms with Crippen LogP contribution in [-0.2, 0) is 0 Å². The number of nitrogen functional groups attached to an aromatic ring is 3. The summed E-state index contributed by atoms with van der Waals surface area (Å²) >= 11 is 0. The van der Waals surface area contributed by atoms with Gasteiger partial charge in [-0.15, -0.1) is 39.5 Å². The van der Waals surface area contributed by atoms with E-state index < -0.39 is 0 Å². The average Bonchev–Trinajstić information content (AvgIpc) is 2.36. The van der Waals surface area contributed by atoms with Crippen LogP contribution in [0.15, 0.2) is 46.1 Å². The first-order valence-corrected chi connectivity index (χ1v) is 4.31. The predicted octanol–water partition coefficient (Wildman–Crippen LogP) is 1.45. The summed E-state index contributed by atoms with van der Waals surface area (Å²) in [5.74, 6) is 1.88. The Kier molecular flexibility index (Phi) is 32.1. The van der Waals surface area contributed by atoms with Crippen molar-refractivity contribution in [2.75, 3.05) is 17.2 Å². The van der Waals surface area contributed by atoms with Crippen LogP contribution in [0.4, 0.5) is 17.8 Å². The number of hydrogen-bond acceptors (Lipinski definition) is 7. The van der Waals surface area contributed by atoms with Gasteiger partial charge in [0.25, 0.3) is 0 Å². The third-order valence-corrected chi connectivity index (χ3v) is 0.687. The highest BCUT2D eigenvalue weighted by Crippen LogP contribution is 1.97. The number of anilines is 3. The molecule has 0 aliphatic carbocycles. The topological polar surface area (TPSA) is 141 Å². The molecule has 0 aliphatic heterocycles. The van der Waals surface area contributed by atoms with Crippen molar-refractivity contribution in [1.82, 2.24) is 15.0 Å². The van der Waals surface area contributed by atoms with Crippen LogP contribution < -0.4 is 17.2 Å². The van der Waals surface area contributed by atoms with Gasteiger partial charge in [0.1, 0.15) is 0 Å². The zero-order valence-electron chi connectivity index (χ0n) is 10.5. The molecule has 7 nitrogen and oxygen atoms in total. The highest BCUT2D eigenvalue weighted by molar-refractivity contribution is 5.41. The Hall–Kier alpha value is -2.92. The second-order valence-electron chi connectivity index (χ2n) is 1.59. The van der Waals surface area contributed by atoms with Gasteiger partial charge in [0.15, 0.2) is 0 Å². The maximum atomic E-state index is 5.85. The van der Waals surface area contributed by atoms with Crippen LogP contribution in [0.2, 0.25) is 0 Å². The van der Waals surface area contributed by atoms with E-state index in [9.17, 15) is 0 Å². The largest absolute Gasteiger partial charge is 0.368 e. The summed E-state index contributed by atoms with van der Waals surface area (Å²) in [5.41, 5.74) is 15.4. The summed E-state index contributed by atoms with van der Waals surface area (Å²) in [7, 11) is 0. The van der Waals surface area contributed by atoms with Gasteiger partial charge in [-0.05, 0) is 12.4 Å². The molecule has 0 aromatic carbocycles. The Morgan fingerprint density at radius 3 is 0.944 bits per heavy atom. The normalized spacial score (nSPS) is 5.78. The van der Waals surface area contributed by atoms with Gasteiger partial charge in [-0.2, -0.15) is 15.0 Å². The molecule has 18 heavy (non-hydrogen) atoms. The molecule has 0 atom stereocenters. The maximum Gasteiger partial charge on any atom is 0.226 e. The lowest BCUT2D eigenvalue weighted by molar-refractivity contribution is 1.09. The second kappa shape index (κ2) is 23.7. The molecule has 0 saturated heterocycles. The third-order valence-electron chi connectivity index (χ3n) is 0.687. The van der Waals surface area contributed by atoms with E-state index in [2.05, 4.69) is 61.0 Å². The van der Waals surface area contributed by atoms with E-state index in [-0.39, 0.29) is 17.8 Å². The zero-order valence-corrected chi connectivity index (χ0v) is 10.5. The van der Waals surface area contributed by atoms with Gasteiger partial charge in [-0.1, -0.05) is 0 Å². The van der Waals surface area contributed by atoms with Crippen molar-refractivity contribution < 1.29 is 0 Å². The van der Waals surface area contributed by atoms with Gasteiger partial charge in [0.05, 0.1) is 0 Å². The van der Waals surface area contributed by atoms with Crippen LogP contribution in [0.3, 0.4) is 0 Å². The van der Waals surface area contributed by atoms with E-state index in [4.69, 9.17) is 22.6 Å². The molecule has 1 rings (SSSR count). The standard InChI is InChI=1S/C3H6N6.C2H3N.3C2H4/c4-1-7-2(5)9-3(6)8-1;1-2-3;3*1-2/h(H6,4,5,6,7,8,9);3H,1H2;3*1-2H2. The lowest BCUT2D eigenvalue weighted by atomic mass is 10.9. The molecule has 1 aromatic rings. The highest BCUT2D eigenvalue weighted by atomic mass is 15.2. The molecule has 0 saturated carbocycles. The summed E-state index contributed by atoms with van der Waals surface area (Å²) in [6.45, 7) is 20.9. The summed E-state index contributed by atoms with van der Waals surface area (Å²) in [6.07, 6.45) is 0. The van der Waals surface area contributed by atoms with E-state index in [0.717, 1.165) is 0 Å². The van der Waals surface area contributed by atoms with Crippen LogP contribution >= 0.6 is 0 Å². The predicted molar refractivity (Wildman–Crippen MR) is 80.2 cm³/mol. The average molecular weight is 251 g/mol. The van der Waals surface area contributed by atoms with Crippen molar-refractivity contribution in [2.45, 2.75) is 0 Å². The fourth-order valence-electron chi connectivity index (χ4n) is 0.427. The lowest BCUT2D eigenvalue weighted by Crippen LogP contribution is -2.05. The Morgan fingerprint density at radius 1 is 0.722 bits per heavy atom. The van der Waals surface area contributed by atoms with Crippen molar-refractivity contribution >= 4 is 23.7 Å². The molecule has 0 fully saturated rings. The van der Waals surface area contributed by atoms with Crippen molar-refractivity contribution in [3.63, 3.8) is 0 Å². The number of nitrogens with one attached hydrogen (secondary N) is 1. The highest BCUT2D eigenvalue weighted by Gasteiger charge is 1.93. The van der Waals surface area contributed by atoms with Gasteiger partial charge in [0, 0.05) is 0 Å². The van der Waals surface area contributed by atoms with Crippen molar-refractivity contribution in [1.29, 1.82) is 5.41 Å². The second-order valence-corrected chi connectivity index (χ2v) is 1.59. The third kappa shape index (κ3) is 23.2. The molecule has 7 heteroatoms. The summed E-state index contributed by atoms with van der Waals surface area (Å²) in [5, 5.41) is 5.85. The first kappa shape index (κ1) is 24.4. The van der Waals surface area contributed by atoms with Crippen molar-refractivity contribution in [2.24, 2.45) is 0 Å². The van der Waals surface area contributed by atoms with E-state index in [0.29, 0.717) is 0 Å². The van der Waals surface area contributed by atoms with Gasteiger partial charge < -0.3 is 17.2 Å². The van der Waals surface area contributed by atoms with Crippen molar-refractivity contribution in [3.05, 3.63) is 46.1 Å². The van der Waals surface area contributed by atoms with Crippen LogP contribution in [-0.4, -0.2) is 20.8 Å². The summed E-state index contributed by atoms with van der Waals surface area (Å²) < 4.78 is 0. The van der Waals surface area contributed by atoms with Crippen LogP contribution in [0.1, 0.15) is 0 Å². The molecule has 0 bridgehead atoms. The molecule has 0 radical (unpaired) electrons. The molecular weight excluding hydrogens is 230 g/mol. The number of rotatable bonds is 0. The van der Waals surface area contributed by atoms with Gasteiger partial charge >= 0.3 is 0 Å². The number of nitrogens with two attached hydrogens (primary N) is 3. The van der Waals surface area contributed by atoms with Gasteiger partial charge in [-0.25, -0.2) is 0 Å². The zero-order chi connectivity index (χ0) is 15.6. The molecule has 0 aliphatic rings. The van der Waals surface area contributed by atoms with Crippen molar-refractivity contribution in [3.8, 4) is 0 Å². The summed E-state index contributed by atoms with van der Waals surface area (Å²) in [6, 6.07) is 0. The number of aromatic nitrogens is 3. The molecule has 1 aromatic heterocycles. The quantitative estimate of drug-likeness (QED) is 0.406. The van der Waals surface area contributed by atoms with Crippen LogP contribution in [0.5, 0.6) is 0 Å². The maximum absolute atomic E-state index is 5.85. The molecule has 100 valence electrons. The minimum absolute atomic E-state index is 0.0417. The number of nitrogens with zero attached hydrogens (tertiary/aromatic N) is 3. The fraction of sp³-hybridized carbons (Fsp3) is 0.